The van der Waals surface area contributed by atoms with E-state index in [9.17, 15) is 4.79 Å². The maximum absolute atomic E-state index is 12.2. The lowest BCUT2D eigenvalue weighted by molar-refractivity contribution is 0.0905. The molecule has 2 nitrogen and oxygen atoms in total. The molecule has 0 atom stereocenters. The lowest BCUT2D eigenvalue weighted by Crippen LogP contribution is -2.36. The molecule has 1 aromatic rings. The maximum atomic E-state index is 12.2. The zero-order chi connectivity index (χ0) is 12.8. The van der Waals surface area contributed by atoms with E-state index in [0.29, 0.717) is 12.6 Å². The zero-order valence-corrected chi connectivity index (χ0v) is 12.3. The predicted molar refractivity (Wildman–Crippen MR) is 75.5 cm³/mol. The van der Waals surface area contributed by atoms with Crippen LogP contribution in [0.3, 0.4) is 0 Å². The Balaban J connectivity index is 2.74. The average molecular weight is 298 g/mol. The first kappa shape index (κ1) is 14.4. The van der Waals surface area contributed by atoms with E-state index in [2.05, 4.69) is 41.6 Å². The third-order valence-electron chi connectivity index (χ3n) is 2.76. The van der Waals surface area contributed by atoms with Crippen molar-refractivity contribution in [2.45, 2.75) is 33.2 Å². The first-order valence-corrected chi connectivity index (χ1v) is 6.87. The van der Waals surface area contributed by atoms with Crippen molar-refractivity contribution in [3.8, 4) is 0 Å². The van der Waals surface area contributed by atoms with Gasteiger partial charge in [0.15, 0.2) is 5.78 Å². The normalized spacial score (nSPS) is 11.2. The Hall–Kier alpha value is -0.670. The molecule has 17 heavy (non-hydrogen) atoms. The van der Waals surface area contributed by atoms with E-state index in [0.717, 1.165) is 23.0 Å². The van der Waals surface area contributed by atoms with Gasteiger partial charge in [0.25, 0.3) is 0 Å². The molecule has 1 aromatic carbocycles. The molecule has 0 aliphatic rings. The van der Waals surface area contributed by atoms with Gasteiger partial charge in [-0.1, -0.05) is 41.1 Å². The van der Waals surface area contributed by atoms with E-state index in [1.165, 1.54) is 0 Å². The summed E-state index contributed by atoms with van der Waals surface area (Å²) in [5.41, 5.74) is 0.772. The molecule has 0 unspecified atom stereocenters. The highest BCUT2D eigenvalue weighted by Crippen LogP contribution is 2.17. The molecule has 0 N–H and O–H groups in total. The third-order valence-corrected chi connectivity index (χ3v) is 3.45. The van der Waals surface area contributed by atoms with Crippen LogP contribution in [0.15, 0.2) is 28.7 Å². The Labute approximate surface area is 112 Å². The maximum Gasteiger partial charge on any atom is 0.177 e. The Morgan fingerprint density at radius 1 is 1.35 bits per heavy atom. The molecule has 0 aliphatic heterocycles. The third kappa shape index (κ3) is 4.25. The van der Waals surface area contributed by atoms with Crippen LogP contribution in [0.4, 0.5) is 0 Å². The second-order valence-corrected chi connectivity index (χ2v) is 5.32. The Bertz CT molecular complexity index is 376. The van der Waals surface area contributed by atoms with Crippen molar-refractivity contribution >= 4 is 21.7 Å². The number of carbonyl (C=O) groups is 1. The number of ketones is 1. The van der Waals surface area contributed by atoms with Crippen molar-refractivity contribution in [1.82, 2.24) is 4.90 Å². The molecule has 0 spiro atoms. The summed E-state index contributed by atoms with van der Waals surface area (Å²) in [5, 5.41) is 0. The van der Waals surface area contributed by atoms with Gasteiger partial charge in [-0.25, -0.2) is 0 Å². The van der Waals surface area contributed by atoms with Crippen molar-refractivity contribution in [3.05, 3.63) is 34.3 Å². The molecular formula is C14H20BrNO. The Kier molecular flexibility index (Phi) is 5.86. The van der Waals surface area contributed by atoms with Gasteiger partial charge < -0.3 is 0 Å². The van der Waals surface area contributed by atoms with Crippen LogP contribution >= 0.6 is 15.9 Å². The summed E-state index contributed by atoms with van der Waals surface area (Å²) < 4.78 is 0.880. The summed E-state index contributed by atoms with van der Waals surface area (Å²) in [6.45, 7) is 7.85. The first-order chi connectivity index (χ1) is 8.06. The van der Waals surface area contributed by atoms with Crippen molar-refractivity contribution in [3.63, 3.8) is 0 Å². The minimum Gasteiger partial charge on any atom is -0.293 e. The van der Waals surface area contributed by atoms with E-state index in [1.54, 1.807) is 0 Å². The molecule has 0 heterocycles. The molecule has 0 bridgehead atoms. The topological polar surface area (TPSA) is 20.3 Å². The van der Waals surface area contributed by atoms with Crippen LogP contribution in [0.2, 0.25) is 0 Å². The smallest absolute Gasteiger partial charge is 0.177 e. The van der Waals surface area contributed by atoms with Gasteiger partial charge in [-0.2, -0.15) is 0 Å². The van der Waals surface area contributed by atoms with Gasteiger partial charge in [-0.3, -0.25) is 9.69 Å². The molecular weight excluding hydrogens is 278 g/mol. The fraction of sp³-hybridized carbons (Fsp3) is 0.500. The van der Waals surface area contributed by atoms with Gasteiger partial charge in [-0.15, -0.1) is 0 Å². The Morgan fingerprint density at radius 2 is 2.00 bits per heavy atom. The summed E-state index contributed by atoms with van der Waals surface area (Å²) in [4.78, 5) is 14.4. The molecule has 0 fully saturated rings. The van der Waals surface area contributed by atoms with E-state index in [4.69, 9.17) is 0 Å². The van der Waals surface area contributed by atoms with Gasteiger partial charge >= 0.3 is 0 Å². The van der Waals surface area contributed by atoms with Crippen molar-refractivity contribution < 1.29 is 4.79 Å². The summed E-state index contributed by atoms with van der Waals surface area (Å²) in [7, 11) is 0. The monoisotopic (exact) mass is 297 g/mol. The van der Waals surface area contributed by atoms with E-state index in [1.807, 2.05) is 24.3 Å². The molecule has 0 aliphatic carbocycles. The fourth-order valence-electron chi connectivity index (χ4n) is 1.76. The lowest BCUT2D eigenvalue weighted by Gasteiger charge is -2.25. The number of halogens is 1. The van der Waals surface area contributed by atoms with E-state index >= 15 is 0 Å². The second kappa shape index (κ2) is 6.92. The molecule has 0 amide bonds. The van der Waals surface area contributed by atoms with E-state index < -0.39 is 0 Å². The van der Waals surface area contributed by atoms with Crippen LogP contribution in [0, 0.1) is 0 Å². The standard InChI is InChI=1S/C14H20BrNO/c1-4-9-16(11(2)3)10-14(17)12-7-5-6-8-13(12)15/h5-8,11H,4,9-10H2,1-3H3. The highest BCUT2D eigenvalue weighted by atomic mass is 79.9. The molecule has 3 heteroatoms. The summed E-state index contributed by atoms with van der Waals surface area (Å²) in [5.74, 6) is 0.180. The van der Waals surface area contributed by atoms with Gasteiger partial charge in [-0.05, 0) is 32.9 Å². The lowest BCUT2D eigenvalue weighted by atomic mass is 10.1. The fourth-order valence-corrected chi connectivity index (χ4v) is 2.27. The second-order valence-electron chi connectivity index (χ2n) is 4.47. The van der Waals surface area contributed by atoms with E-state index in [-0.39, 0.29) is 5.78 Å². The molecule has 94 valence electrons. The minimum atomic E-state index is 0.180. The first-order valence-electron chi connectivity index (χ1n) is 6.08. The quantitative estimate of drug-likeness (QED) is 0.745. The number of hydrogen-bond acceptors (Lipinski definition) is 2. The predicted octanol–water partition coefficient (Wildman–Crippen LogP) is 3.75. The number of carbonyl (C=O) groups excluding carboxylic acids is 1. The van der Waals surface area contributed by atoms with Crippen LogP contribution in [0.25, 0.3) is 0 Å². The van der Waals surface area contributed by atoms with Gasteiger partial charge in [0.1, 0.15) is 0 Å². The molecule has 1 rings (SSSR count). The van der Waals surface area contributed by atoms with Gasteiger partial charge in [0.05, 0.1) is 6.54 Å². The van der Waals surface area contributed by atoms with Crippen LogP contribution in [0.5, 0.6) is 0 Å². The summed E-state index contributed by atoms with van der Waals surface area (Å²) in [6, 6.07) is 8.01. The summed E-state index contributed by atoms with van der Waals surface area (Å²) >= 11 is 3.42. The number of benzene rings is 1. The molecule has 0 saturated heterocycles. The average Bonchev–Trinajstić information content (AvgIpc) is 2.28. The van der Waals surface area contributed by atoms with Gasteiger partial charge in [0.2, 0.25) is 0 Å². The van der Waals surface area contributed by atoms with Crippen LogP contribution < -0.4 is 0 Å². The van der Waals surface area contributed by atoms with Crippen molar-refractivity contribution in [2.75, 3.05) is 13.1 Å². The number of Topliss-reactive ketones (excluding diaryl/α,β-unsaturated/α-hetero) is 1. The molecule has 0 saturated carbocycles. The van der Waals surface area contributed by atoms with Crippen LogP contribution in [-0.4, -0.2) is 29.8 Å². The molecule has 0 aromatic heterocycles. The Morgan fingerprint density at radius 3 is 2.53 bits per heavy atom. The van der Waals surface area contributed by atoms with Crippen LogP contribution in [0.1, 0.15) is 37.6 Å². The largest absolute Gasteiger partial charge is 0.293 e. The zero-order valence-electron chi connectivity index (χ0n) is 10.7. The highest BCUT2D eigenvalue weighted by Gasteiger charge is 2.16. The molecule has 0 radical (unpaired) electrons. The van der Waals surface area contributed by atoms with Crippen molar-refractivity contribution in [2.24, 2.45) is 0 Å². The number of rotatable bonds is 6. The SMILES string of the molecule is CCCN(CC(=O)c1ccccc1Br)C(C)C. The van der Waals surface area contributed by atoms with Gasteiger partial charge in [0, 0.05) is 16.1 Å². The summed E-state index contributed by atoms with van der Waals surface area (Å²) in [6.07, 6.45) is 1.07. The minimum absolute atomic E-state index is 0.180. The number of nitrogens with zero attached hydrogens (tertiary/aromatic N) is 1. The highest BCUT2D eigenvalue weighted by molar-refractivity contribution is 9.10. The van der Waals surface area contributed by atoms with Crippen molar-refractivity contribution in [1.29, 1.82) is 0 Å². The van der Waals surface area contributed by atoms with Crippen LogP contribution in [-0.2, 0) is 0 Å². The number of hydrogen-bond donors (Lipinski definition) is 0.